The molecule has 0 spiro atoms. The number of nitrogens with one attached hydrogen (secondary N) is 2. The molecule has 6 nitrogen and oxygen atoms in total. The first-order valence-electron chi connectivity index (χ1n) is 11.0. The second-order valence-electron chi connectivity index (χ2n) is 8.44. The van der Waals surface area contributed by atoms with Gasteiger partial charge in [-0.15, -0.1) is 0 Å². The molecule has 2 heterocycles. The third-order valence-corrected chi connectivity index (χ3v) is 5.63. The third-order valence-electron chi connectivity index (χ3n) is 5.63. The van der Waals surface area contributed by atoms with Crippen LogP contribution < -0.4 is 10.6 Å². The van der Waals surface area contributed by atoms with Crippen LogP contribution >= 0.6 is 0 Å². The van der Waals surface area contributed by atoms with E-state index in [1.54, 1.807) is 24.5 Å². The van der Waals surface area contributed by atoms with Gasteiger partial charge in [-0.1, -0.05) is 38.1 Å². The van der Waals surface area contributed by atoms with Crippen molar-refractivity contribution >= 4 is 17.5 Å². The molecular weight excluding hydrogens is 400 g/mol. The van der Waals surface area contributed by atoms with Crippen molar-refractivity contribution in [1.82, 2.24) is 15.2 Å². The van der Waals surface area contributed by atoms with Crippen molar-refractivity contribution in [3.05, 3.63) is 95.3 Å². The van der Waals surface area contributed by atoms with Crippen LogP contribution in [0.4, 0.5) is 5.69 Å². The van der Waals surface area contributed by atoms with Crippen molar-refractivity contribution in [3.63, 3.8) is 0 Å². The van der Waals surface area contributed by atoms with Crippen LogP contribution in [0.3, 0.4) is 0 Å². The molecule has 0 radical (unpaired) electrons. The summed E-state index contributed by atoms with van der Waals surface area (Å²) in [4.78, 5) is 31.4. The van der Waals surface area contributed by atoms with Crippen molar-refractivity contribution in [1.29, 1.82) is 0 Å². The molecule has 3 aromatic rings. The Balaban J connectivity index is 1.45. The lowest BCUT2D eigenvalue weighted by Gasteiger charge is -2.28. The zero-order valence-electron chi connectivity index (χ0n) is 18.4. The second-order valence-corrected chi connectivity index (χ2v) is 8.44. The van der Waals surface area contributed by atoms with Gasteiger partial charge in [-0.3, -0.25) is 14.6 Å². The van der Waals surface area contributed by atoms with Gasteiger partial charge in [0.1, 0.15) is 6.17 Å². The average Bonchev–Trinajstić information content (AvgIpc) is 3.08. The Morgan fingerprint density at radius 3 is 2.56 bits per heavy atom. The Morgan fingerprint density at radius 1 is 1.06 bits per heavy atom. The summed E-state index contributed by atoms with van der Waals surface area (Å²) in [6, 6.07) is 18.9. The predicted molar refractivity (Wildman–Crippen MR) is 125 cm³/mol. The van der Waals surface area contributed by atoms with Crippen LogP contribution in [0, 0.1) is 5.92 Å². The first-order chi connectivity index (χ1) is 15.5. The average molecular weight is 429 g/mol. The number of fused-ring (bicyclic) bond motifs is 1. The highest BCUT2D eigenvalue weighted by molar-refractivity contribution is 5.99. The zero-order valence-corrected chi connectivity index (χ0v) is 18.4. The number of rotatable bonds is 8. The number of aromatic nitrogens is 1. The van der Waals surface area contributed by atoms with E-state index in [2.05, 4.69) is 29.5 Å². The molecule has 1 aromatic heterocycles. The van der Waals surface area contributed by atoms with Gasteiger partial charge < -0.3 is 15.5 Å². The number of anilines is 1. The van der Waals surface area contributed by atoms with Crippen LogP contribution in [0.15, 0.2) is 73.1 Å². The Hall–Kier alpha value is -3.67. The highest BCUT2D eigenvalue weighted by Crippen LogP contribution is 2.34. The smallest absolute Gasteiger partial charge is 0.256 e. The van der Waals surface area contributed by atoms with Crippen LogP contribution in [0.5, 0.6) is 0 Å². The summed E-state index contributed by atoms with van der Waals surface area (Å²) in [5, 5.41) is 6.40. The van der Waals surface area contributed by atoms with E-state index < -0.39 is 0 Å². The Morgan fingerprint density at radius 2 is 1.84 bits per heavy atom. The van der Waals surface area contributed by atoms with Crippen molar-refractivity contribution < 1.29 is 9.59 Å². The number of pyridine rings is 1. The maximum absolute atomic E-state index is 13.0. The van der Waals surface area contributed by atoms with Gasteiger partial charge in [0, 0.05) is 47.9 Å². The van der Waals surface area contributed by atoms with Gasteiger partial charge in [0.15, 0.2) is 0 Å². The van der Waals surface area contributed by atoms with E-state index in [1.807, 2.05) is 53.4 Å². The van der Waals surface area contributed by atoms with E-state index in [1.165, 1.54) is 0 Å². The van der Waals surface area contributed by atoms with E-state index >= 15 is 0 Å². The molecule has 0 bridgehead atoms. The minimum atomic E-state index is -0.220. The van der Waals surface area contributed by atoms with Gasteiger partial charge in [0.05, 0.1) is 0 Å². The Bertz CT molecular complexity index is 1080. The molecule has 0 aliphatic carbocycles. The zero-order chi connectivity index (χ0) is 22.5. The molecule has 1 aliphatic heterocycles. The standard InChI is InChI=1S/C26H28N4O2/c1-18(2)13-15-30-24(22-7-3-4-8-23(22)26(30)32)29-21-11-9-20(10-12-21)25(31)28-17-19-6-5-14-27-16-19/h3-12,14,16,18,24,29H,13,15,17H2,1-2H3,(H,28,31). The molecule has 1 atom stereocenters. The van der Waals surface area contributed by atoms with E-state index in [0.717, 1.165) is 28.8 Å². The summed E-state index contributed by atoms with van der Waals surface area (Å²) in [5.74, 6) is 0.433. The van der Waals surface area contributed by atoms with E-state index in [4.69, 9.17) is 0 Å². The highest BCUT2D eigenvalue weighted by atomic mass is 16.2. The molecule has 32 heavy (non-hydrogen) atoms. The van der Waals surface area contributed by atoms with Crippen LogP contribution in [-0.4, -0.2) is 28.2 Å². The largest absolute Gasteiger partial charge is 0.361 e. The molecule has 0 saturated heterocycles. The SMILES string of the molecule is CC(C)CCN1C(=O)c2ccccc2C1Nc1ccc(C(=O)NCc2cccnc2)cc1. The number of amides is 2. The number of carbonyl (C=O) groups excluding carboxylic acids is 2. The lowest BCUT2D eigenvalue weighted by Crippen LogP contribution is -2.33. The third kappa shape index (κ3) is 4.80. The highest BCUT2D eigenvalue weighted by Gasteiger charge is 2.36. The number of hydrogen-bond donors (Lipinski definition) is 2. The summed E-state index contributed by atoms with van der Waals surface area (Å²) in [5.41, 5.74) is 4.13. The molecule has 164 valence electrons. The Kier molecular flexibility index (Phi) is 6.50. The number of benzene rings is 2. The topological polar surface area (TPSA) is 74.3 Å². The number of nitrogens with zero attached hydrogens (tertiary/aromatic N) is 2. The lowest BCUT2D eigenvalue weighted by atomic mass is 10.1. The maximum atomic E-state index is 13.0. The first-order valence-corrected chi connectivity index (χ1v) is 11.0. The summed E-state index contributed by atoms with van der Waals surface area (Å²) in [6.45, 7) is 5.44. The summed E-state index contributed by atoms with van der Waals surface area (Å²) in [6.07, 6.45) is 4.16. The van der Waals surface area contributed by atoms with Crippen molar-refractivity contribution in [3.8, 4) is 0 Å². The molecule has 0 fully saturated rings. The minimum absolute atomic E-state index is 0.0603. The molecule has 4 rings (SSSR count). The molecule has 1 aliphatic rings. The van der Waals surface area contributed by atoms with Crippen LogP contribution in [-0.2, 0) is 6.54 Å². The molecule has 2 amide bonds. The minimum Gasteiger partial charge on any atom is -0.361 e. The monoisotopic (exact) mass is 428 g/mol. The predicted octanol–water partition coefficient (Wildman–Crippen LogP) is 4.62. The molecular formula is C26H28N4O2. The van der Waals surface area contributed by atoms with Crippen molar-refractivity contribution in [2.45, 2.75) is 33.0 Å². The van der Waals surface area contributed by atoms with Gasteiger partial charge in [-0.2, -0.15) is 0 Å². The first kappa shape index (κ1) is 21.6. The van der Waals surface area contributed by atoms with Crippen LogP contribution in [0.25, 0.3) is 0 Å². The second kappa shape index (κ2) is 9.64. The van der Waals surface area contributed by atoms with Gasteiger partial charge in [0.2, 0.25) is 0 Å². The molecule has 2 aromatic carbocycles. The quantitative estimate of drug-likeness (QED) is 0.549. The summed E-state index contributed by atoms with van der Waals surface area (Å²) < 4.78 is 0. The molecule has 6 heteroatoms. The Labute approximate surface area is 188 Å². The fourth-order valence-electron chi connectivity index (χ4n) is 3.82. The van der Waals surface area contributed by atoms with Gasteiger partial charge in [0.25, 0.3) is 11.8 Å². The normalized spacial score (nSPS) is 15.0. The molecule has 1 unspecified atom stereocenters. The van der Waals surface area contributed by atoms with E-state index in [9.17, 15) is 9.59 Å². The fraction of sp³-hybridized carbons (Fsp3) is 0.269. The van der Waals surface area contributed by atoms with Crippen molar-refractivity contribution in [2.24, 2.45) is 5.92 Å². The van der Waals surface area contributed by atoms with Crippen LogP contribution in [0.2, 0.25) is 0 Å². The van der Waals surface area contributed by atoms with Gasteiger partial charge >= 0.3 is 0 Å². The fourth-order valence-corrected chi connectivity index (χ4v) is 3.82. The molecule has 0 saturated carbocycles. The van der Waals surface area contributed by atoms with E-state index in [0.29, 0.717) is 24.6 Å². The van der Waals surface area contributed by atoms with Gasteiger partial charge in [-0.25, -0.2) is 0 Å². The van der Waals surface area contributed by atoms with Gasteiger partial charge in [-0.05, 0) is 54.3 Å². The number of hydrogen-bond acceptors (Lipinski definition) is 4. The van der Waals surface area contributed by atoms with Crippen molar-refractivity contribution in [2.75, 3.05) is 11.9 Å². The number of carbonyl (C=O) groups is 2. The van der Waals surface area contributed by atoms with E-state index in [-0.39, 0.29) is 18.0 Å². The lowest BCUT2D eigenvalue weighted by molar-refractivity contribution is 0.0734. The molecule has 2 N–H and O–H groups in total. The maximum Gasteiger partial charge on any atom is 0.256 e. The summed E-state index contributed by atoms with van der Waals surface area (Å²) in [7, 11) is 0. The summed E-state index contributed by atoms with van der Waals surface area (Å²) >= 11 is 0. The van der Waals surface area contributed by atoms with Crippen LogP contribution in [0.1, 0.15) is 58.3 Å².